The van der Waals surface area contributed by atoms with E-state index in [0.717, 1.165) is 56.6 Å². The van der Waals surface area contributed by atoms with Gasteiger partial charge in [0, 0.05) is 30.2 Å². The summed E-state index contributed by atoms with van der Waals surface area (Å²) < 4.78 is 18.4. The Hall–Kier alpha value is -2.59. The van der Waals surface area contributed by atoms with Crippen molar-refractivity contribution in [1.82, 2.24) is 9.88 Å². The highest BCUT2D eigenvalue weighted by atomic mass is 19.1. The fourth-order valence-corrected chi connectivity index (χ4v) is 4.19. The highest BCUT2D eigenvalue weighted by molar-refractivity contribution is 5.84. The highest BCUT2D eigenvalue weighted by Gasteiger charge is 2.14. The van der Waals surface area contributed by atoms with Crippen LogP contribution in [0.15, 0.2) is 60.3 Å². The SMILES string of the molecule is COc1ccc2[nH]cc(CC3=CCCN(CCCCc4ccc(F)cc4)C3)c2c1. The van der Waals surface area contributed by atoms with Gasteiger partial charge in [-0.25, -0.2) is 4.39 Å². The van der Waals surface area contributed by atoms with Crippen molar-refractivity contribution < 1.29 is 9.13 Å². The fraction of sp³-hybridized carbons (Fsp3) is 0.360. The summed E-state index contributed by atoms with van der Waals surface area (Å²) in [4.78, 5) is 5.95. The molecule has 0 aliphatic carbocycles. The van der Waals surface area contributed by atoms with Crippen molar-refractivity contribution in [3.05, 3.63) is 77.3 Å². The normalized spacial score (nSPS) is 14.9. The number of aryl methyl sites for hydroxylation is 1. The van der Waals surface area contributed by atoms with Crippen molar-refractivity contribution in [2.24, 2.45) is 0 Å². The van der Waals surface area contributed by atoms with Crippen molar-refractivity contribution in [1.29, 1.82) is 0 Å². The number of methoxy groups -OCH3 is 1. The Labute approximate surface area is 172 Å². The van der Waals surface area contributed by atoms with Gasteiger partial charge in [0.25, 0.3) is 0 Å². The molecule has 4 rings (SSSR count). The molecule has 1 N–H and O–H groups in total. The van der Waals surface area contributed by atoms with E-state index in [-0.39, 0.29) is 5.82 Å². The van der Waals surface area contributed by atoms with Crippen LogP contribution >= 0.6 is 0 Å². The molecule has 0 unspecified atom stereocenters. The summed E-state index contributed by atoms with van der Waals surface area (Å²) in [5.41, 5.74) is 5.22. The fourth-order valence-electron chi connectivity index (χ4n) is 4.19. The molecule has 0 saturated carbocycles. The second kappa shape index (κ2) is 9.27. The monoisotopic (exact) mass is 392 g/mol. The average molecular weight is 393 g/mol. The maximum absolute atomic E-state index is 13.0. The molecule has 0 bridgehead atoms. The number of aromatic amines is 1. The number of hydrogen-bond donors (Lipinski definition) is 1. The van der Waals surface area contributed by atoms with E-state index in [1.54, 1.807) is 19.2 Å². The molecule has 0 amide bonds. The molecule has 3 nitrogen and oxygen atoms in total. The lowest BCUT2D eigenvalue weighted by Crippen LogP contribution is -2.31. The first-order valence-electron chi connectivity index (χ1n) is 10.5. The van der Waals surface area contributed by atoms with Crippen LogP contribution in [0.1, 0.15) is 30.4 Å². The number of aromatic nitrogens is 1. The Kier molecular flexibility index (Phi) is 6.30. The lowest BCUT2D eigenvalue weighted by atomic mass is 10.00. The predicted octanol–water partition coefficient (Wildman–Crippen LogP) is 5.51. The molecule has 2 heterocycles. The van der Waals surface area contributed by atoms with Crippen LogP contribution in [0.25, 0.3) is 10.9 Å². The minimum absolute atomic E-state index is 0.157. The van der Waals surface area contributed by atoms with Gasteiger partial charge in [-0.3, -0.25) is 4.90 Å². The Morgan fingerprint density at radius 3 is 2.79 bits per heavy atom. The summed E-state index contributed by atoms with van der Waals surface area (Å²) in [6.45, 7) is 3.31. The van der Waals surface area contributed by atoms with Crippen LogP contribution < -0.4 is 4.74 Å². The molecule has 0 spiro atoms. The number of nitrogens with zero attached hydrogens (tertiary/aromatic N) is 1. The van der Waals surface area contributed by atoms with Gasteiger partial charge in [-0.1, -0.05) is 23.8 Å². The molecule has 0 atom stereocenters. The maximum atomic E-state index is 13.0. The van der Waals surface area contributed by atoms with E-state index in [2.05, 4.69) is 34.3 Å². The largest absolute Gasteiger partial charge is 0.497 e. The third kappa shape index (κ3) is 5.07. The molecule has 152 valence electrons. The molecular formula is C25H29FN2O. The first-order valence-corrected chi connectivity index (χ1v) is 10.5. The minimum atomic E-state index is -0.157. The van der Waals surface area contributed by atoms with E-state index < -0.39 is 0 Å². The number of ether oxygens (including phenoxy) is 1. The number of nitrogens with one attached hydrogen (secondary N) is 1. The van der Waals surface area contributed by atoms with E-state index in [1.165, 1.54) is 28.5 Å². The van der Waals surface area contributed by atoms with Gasteiger partial charge >= 0.3 is 0 Å². The van der Waals surface area contributed by atoms with Gasteiger partial charge in [-0.2, -0.15) is 0 Å². The number of H-pyrrole nitrogens is 1. The van der Waals surface area contributed by atoms with Crippen molar-refractivity contribution in [2.75, 3.05) is 26.7 Å². The van der Waals surface area contributed by atoms with Gasteiger partial charge in [0.05, 0.1) is 7.11 Å². The smallest absolute Gasteiger partial charge is 0.123 e. The van der Waals surface area contributed by atoms with Crippen molar-refractivity contribution in [3.8, 4) is 5.75 Å². The summed E-state index contributed by atoms with van der Waals surface area (Å²) >= 11 is 0. The second-order valence-corrected chi connectivity index (χ2v) is 7.91. The minimum Gasteiger partial charge on any atom is -0.497 e. The number of fused-ring (bicyclic) bond motifs is 1. The summed E-state index contributed by atoms with van der Waals surface area (Å²) in [6.07, 6.45) is 9.99. The van der Waals surface area contributed by atoms with Gasteiger partial charge in [0.2, 0.25) is 0 Å². The Morgan fingerprint density at radius 2 is 1.97 bits per heavy atom. The molecular weight excluding hydrogens is 363 g/mol. The Balaban J connectivity index is 1.28. The molecule has 1 aliphatic heterocycles. The Morgan fingerprint density at radius 1 is 1.10 bits per heavy atom. The number of unbranched alkanes of at least 4 members (excludes halogenated alkanes) is 1. The second-order valence-electron chi connectivity index (χ2n) is 7.91. The molecule has 2 aromatic carbocycles. The molecule has 0 fully saturated rings. The van der Waals surface area contributed by atoms with Crippen LogP contribution in [0.4, 0.5) is 4.39 Å². The van der Waals surface area contributed by atoms with Crippen LogP contribution in [0.3, 0.4) is 0 Å². The zero-order chi connectivity index (χ0) is 20.1. The topological polar surface area (TPSA) is 28.3 Å². The first kappa shape index (κ1) is 19.7. The average Bonchev–Trinajstić information content (AvgIpc) is 3.14. The van der Waals surface area contributed by atoms with Crippen LogP contribution in [0, 0.1) is 5.82 Å². The molecule has 1 aliphatic rings. The van der Waals surface area contributed by atoms with Gasteiger partial charge < -0.3 is 9.72 Å². The number of halogens is 1. The molecule has 29 heavy (non-hydrogen) atoms. The molecule has 0 radical (unpaired) electrons. The number of hydrogen-bond acceptors (Lipinski definition) is 2. The van der Waals surface area contributed by atoms with Gasteiger partial charge in [0.15, 0.2) is 0 Å². The molecule has 0 saturated heterocycles. The summed E-state index contributed by atoms with van der Waals surface area (Å²) in [6, 6.07) is 13.1. The summed E-state index contributed by atoms with van der Waals surface area (Å²) in [5.74, 6) is 0.744. The van der Waals surface area contributed by atoms with Gasteiger partial charge in [0.1, 0.15) is 11.6 Å². The maximum Gasteiger partial charge on any atom is 0.123 e. The highest BCUT2D eigenvalue weighted by Crippen LogP contribution is 2.26. The zero-order valence-electron chi connectivity index (χ0n) is 17.1. The van der Waals surface area contributed by atoms with Crippen LogP contribution in [0.2, 0.25) is 0 Å². The standard InChI is InChI=1S/C25H29FN2O/c1-29-23-11-12-25-24(16-23)21(17-27-25)15-20-6-4-14-28(18-20)13-3-2-5-19-7-9-22(26)10-8-19/h6-12,16-17,27H,2-5,13-15,18H2,1H3. The quantitative estimate of drug-likeness (QED) is 0.404. The van der Waals surface area contributed by atoms with E-state index in [0.29, 0.717) is 0 Å². The van der Waals surface area contributed by atoms with Crippen LogP contribution in [-0.4, -0.2) is 36.6 Å². The lowest BCUT2D eigenvalue weighted by Gasteiger charge is -2.27. The summed E-state index contributed by atoms with van der Waals surface area (Å²) in [7, 11) is 1.71. The molecule has 1 aromatic heterocycles. The van der Waals surface area contributed by atoms with Crippen LogP contribution in [0.5, 0.6) is 5.75 Å². The van der Waals surface area contributed by atoms with Crippen molar-refractivity contribution in [2.45, 2.75) is 32.1 Å². The van der Waals surface area contributed by atoms with Gasteiger partial charge in [-0.05, 0) is 80.1 Å². The third-order valence-electron chi connectivity index (χ3n) is 5.80. The zero-order valence-corrected chi connectivity index (χ0v) is 17.1. The first-order chi connectivity index (χ1) is 14.2. The van der Waals surface area contributed by atoms with E-state index in [4.69, 9.17) is 4.74 Å². The van der Waals surface area contributed by atoms with E-state index in [9.17, 15) is 4.39 Å². The number of rotatable bonds is 8. The number of benzene rings is 2. The predicted molar refractivity (Wildman–Crippen MR) is 117 cm³/mol. The molecule has 4 heteroatoms. The summed E-state index contributed by atoms with van der Waals surface area (Å²) in [5, 5.41) is 1.25. The van der Waals surface area contributed by atoms with E-state index in [1.807, 2.05) is 18.2 Å². The van der Waals surface area contributed by atoms with Crippen molar-refractivity contribution in [3.63, 3.8) is 0 Å². The molecule has 3 aromatic rings. The van der Waals surface area contributed by atoms with Gasteiger partial charge in [-0.15, -0.1) is 0 Å². The van der Waals surface area contributed by atoms with Crippen molar-refractivity contribution >= 4 is 10.9 Å². The van der Waals surface area contributed by atoms with E-state index >= 15 is 0 Å². The third-order valence-corrected chi connectivity index (χ3v) is 5.80. The van der Waals surface area contributed by atoms with Crippen LogP contribution in [-0.2, 0) is 12.8 Å². The Bertz CT molecular complexity index is 974. The lowest BCUT2D eigenvalue weighted by molar-refractivity contribution is 0.282.